The van der Waals surface area contributed by atoms with E-state index in [4.69, 9.17) is 11.5 Å². The minimum Gasteiger partial charge on any atom is -0.390 e. The Hall–Kier alpha value is -0.940. The van der Waals surface area contributed by atoms with Gasteiger partial charge in [0.15, 0.2) is 0 Å². The lowest BCUT2D eigenvalue weighted by Crippen LogP contribution is -2.23. The highest BCUT2D eigenvalue weighted by molar-refractivity contribution is 5.29. The Morgan fingerprint density at radius 1 is 1.13 bits per heavy atom. The average molecular weight is 210 g/mol. The first-order valence-corrected chi connectivity index (χ1v) is 5.04. The van der Waals surface area contributed by atoms with Crippen LogP contribution in [-0.4, -0.2) is 22.9 Å². The van der Waals surface area contributed by atoms with E-state index >= 15 is 0 Å². The van der Waals surface area contributed by atoms with E-state index in [1.54, 1.807) is 6.07 Å². The number of hydrogen-bond acceptors (Lipinski definition) is 4. The summed E-state index contributed by atoms with van der Waals surface area (Å²) < 4.78 is 0. The third-order valence-electron chi connectivity index (χ3n) is 2.42. The Morgan fingerprint density at radius 2 is 1.80 bits per heavy atom. The molecule has 0 amide bonds. The lowest BCUT2D eigenvalue weighted by molar-refractivity contribution is 0.0145. The van der Waals surface area contributed by atoms with Gasteiger partial charge in [-0.3, -0.25) is 0 Å². The van der Waals surface area contributed by atoms with Crippen LogP contribution in [0.5, 0.6) is 0 Å². The number of nitrogens with two attached hydrogens (primary N) is 2. The molecule has 0 fully saturated rings. The van der Waals surface area contributed by atoms with Crippen molar-refractivity contribution < 1.29 is 10.2 Å². The lowest BCUT2D eigenvalue weighted by Gasteiger charge is -2.19. The predicted octanol–water partition coefficient (Wildman–Crippen LogP) is -0.112. The number of benzene rings is 1. The maximum atomic E-state index is 9.87. The Morgan fingerprint density at radius 3 is 2.40 bits per heavy atom. The Labute approximate surface area is 89.5 Å². The van der Waals surface area contributed by atoms with Gasteiger partial charge < -0.3 is 21.7 Å². The highest BCUT2D eigenvalue weighted by Gasteiger charge is 2.19. The summed E-state index contributed by atoms with van der Waals surface area (Å²) in [6.07, 6.45) is -1.36. The third kappa shape index (κ3) is 3.00. The monoisotopic (exact) mass is 210 g/mol. The van der Waals surface area contributed by atoms with Gasteiger partial charge in [0.1, 0.15) is 6.10 Å². The highest BCUT2D eigenvalue weighted by Crippen LogP contribution is 2.22. The van der Waals surface area contributed by atoms with Gasteiger partial charge in [-0.2, -0.15) is 0 Å². The summed E-state index contributed by atoms with van der Waals surface area (Å²) in [5.74, 6) is 0. The molecule has 2 atom stereocenters. The maximum Gasteiger partial charge on any atom is 0.105 e. The van der Waals surface area contributed by atoms with E-state index in [1.165, 1.54) is 0 Å². The fourth-order valence-corrected chi connectivity index (χ4v) is 1.54. The van der Waals surface area contributed by atoms with Crippen LogP contribution in [0.3, 0.4) is 0 Å². The molecule has 1 aromatic rings. The van der Waals surface area contributed by atoms with Crippen molar-refractivity contribution in [3.8, 4) is 0 Å². The van der Waals surface area contributed by atoms with Crippen LogP contribution in [0.4, 0.5) is 0 Å². The molecule has 0 radical (unpaired) electrons. The second-order valence-corrected chi connectivity index (χ2v) is 3.49. The van der Waals surface area contributed by atoms with Crippen molar-refractivity contribution in [2.45, 2.75) is 25.2 Å². The summed E-state index contributed by atoms with van der Waals surface area (Å²) in [5, 5.41) is 19.5. The second-order valence-electron chi connectivity index (χ2n) is 3.49. The molecule has 0 aliphatic heterocycles. The molecule has 6 N–H and O–H groups in total. The van der Waals surface area contributed by atoms with Gasteiger partial charge in [-0.25, -0.2) is 0 Å². The Balaban J connectivity index is 2.84. The Bertz CT molecular complexity index is 304. The van der Waals surface area contributed by atoms with Crippen LogP contribution in [0.15, 0.2) is 24.3 Å². The molecular weight excluding hydrogens is 192 g/mol. The largest absolute Gasteiger partial charge is 0.390 e. The van der Waals surface area contributed by atoms with E-state index in [9.17, 15) is 10.2 Å². The predicted molar refractivity (Wildman–Crippen MR) is 59.0 cm³/mol. The summed E-state index contributed by atoms with van der Waals surface area (Å²) in [7, 11) is 0. The average Bonchev–Trinajstić information content (AvgIpc) is 2.28. The summed E-state index contributed by atoms with van der Waals surface area (Å²) in [6.45, 7) is 0.700. The molecular formula is C11H18N2O2. The SMILES string of the molecule is NCCC(O)C(O)c1ccccc1CN. The minimum absolute atomic E-state index is 0.350. The number of aliphatic hydroxyl groups excluding tert-OH is 2. The topological polar surface area (TPSA) is 92.5 Å². The van der Waals surface area contributed by atoms with Gasteiger partial charge in [0, 0.05) is 6.54 Å². The molecule has 2 unspecified atom stereocenters. The molecule has 0 aliphatic carbocycles. The number of aliphatic hydroxyl groups is 2. The molecule has 84 valence electrons. The van der Waals surface area contributed by atoms with Gasteiger partial charge in [-0.1, -0.05) is 24.3 Å². The van der Waals surface area contributed by atoms with Crippen LogP contribution in [0.2, 0.25) is 0 Å². The molecule has 1 rings (SSSR count). The van der Waals surface area contributed by atoms with Gasteiger partial charge in [0.05, 0.1) is 6.10 Å². The van der Waals surface area contributed by atoms with Crippen LogP contribution >= 0.6 is 0 Å². The number of hydrogen-bond donors (Lipinski definition) is 4. The molecule has 0 aliphatic rings. The first-order valence-electron chi connectivity index (χ1n) is 5.04. The van der Waals surface area contributed by atoms with E-state index in [-0.39, 0.29) is 0 Å². The molecule has 0 saturated carbocycles. The van der Waals surface area contributed by atoms with Gasteiger partial charge in [-0.05, 0) is 24.1 Å². The fourth-order valence-electron chi connectivity index (χ4n) is 1.54. The first kappa shape index (κ1) is 12.1. The highest BCUT2D eigenvalue weighted by atomic mass is 16.3. The Kier molecular flexibility index (Phi) is 4.71. The standard InChI is InChI=1S/C11H18N2O2/c12-6-5-10(14)11(15)9-4-2-1-3-8(9)7-13/h1-4,10-11,14-15H,5-7,12-13H2. The van der Waals surface area contributed by atoms with Crippen molar-refractivity contribution in [3.05, 3.63) is 35.4 Å². The van der Waals surface area contributed by atoms with Crippen molar-refractivity contribution in [2.24, 2.45) is 11.5 Å². The van der Waals surface area contributed by atoms with E-state index in [0.717, 1.165) is 5.56 Å². The van der Waals surface area contributed by atoms with Gasteiger partial charge >= 0.3 is 0 Å². The first-order chi connectivity index (χ1) is 7.20. The summed E-state index contributed by atoms with van der Waals surface area (Å²) in [4.78, 5) is 0. The molecule has 0 bridgehead atoms. The van der Waals surface area contributed by atoms with Crippen molar-refractivity contribution in [1.82, 2.24) is 0 Å². The summed E-state index contributed by atoms with van der Waals surface area (Å²) in [5.41, 5.74) is 12.4. The molecule has 0 saturated heterocycles. The quantitative estimate of drug-likeness (QED) is 0.545. The molecule has 0 heterocycles. The molecule has 0 aromatic heterocycles. The fraction of sp³-hybridized carbons (Fsp3) is 0.455. The van der Waals surface area contributed by atoms with Crippen LogP contribution in [0.25, 0.3) is 0 Å². The zero-order valence-electron chi connectivity index (χ0n) is 8.63. The van der Waals surface area contributed by atoms with Gasteiger partial charge in [-0.15, -0.1) is 0 Å². The van der Waals surface area contributed by atoms with Crippen LogP contribution in [0.1, 0.15) is 23.7 Å². The van der Waals surface area contributed by atoms with Gasteiger partial charge in [0.2, 0.25) is 0 Å². The molecule has 4 heteroatoms. The zero-order chi connectivity index (χ0) is 11.3. The van der Waals surface area contributed by atoms with E-state index in [2.05, 4.69) is 0 Å². The van der Waals surface area contributed by atoms with Crippen molar-refractivity contribution in [3.63, 3.8) is 0 Å². The van der Waals surface area contributed by atoms with Crippen molar-refractivity contribution in [2.75, 3.05) is 6.54 Å². The van der Waals surface area contributed by atoms with Crippen LogP contribution in [-0.2, 0) is 6.54 Å². The van der Waals surface area contributed by atoms with E-state index in [1.807, 2.05) is 18.2 Å². The molecule has 15 heavy (non-hydrogen) atoms. The number of rotatable bonds is 5. The maximum absolute atomic E-state index is 9.87. The van der Waals surface area contributed by atoms with E-state index in [0.29, 0.717) is 25.1 Å². The van der Waals surface area contributed by atoms with Crippen molar-refractivity contribution in [1.29, 1.82) is 0 Å². The summed E-state index contributed by atoms with van der Waals surface area (Å²) in [6, 6.07) is 7.28. The lowest BCUT2D eigenvalue weighted by atomic mass is 9.97. The van der Waals surface area contributed by atoms with Crippen LogP contribution in [0, 0.1) is 0 Å². The minimum atomic E-state index is -0.909. The zero-order valence-corrected chi connectivity index (χ0v) is 8.63. The molecule has 4 nitrogen and oxygen atoms in total. The third-order valence-corrected chi connectivity index (χ3v) is 2.42. The summed E-state index contributed by atoms with van der Waals surface area (Å²) >= 11 is 0. The van der Waals surface area contributed by atoms with E-state index < -0.39 is 12.2 Å². The molecule has 0 spiro atoms. The van der Waals surface area contributed by atoms with Crippen LogP contribution < -0.4 is 11.5 Å². The second kappa shape index (κ2) is 5.82. The van der Waals surface area contributed by atoms with Crippen molar-refractivity contribution >= 4 is 0 Å². The normalized spacial score (nSPS) is 14.9. The smallest absolute Gasteiger partial charge is 0.105 e. The van der Waals surface area contributed by atoms with Gasteiger partial charge in [0.25, 0.3) is 0 Å². The molecule has 1 aromatic carbocycles.